The molecule has 0 saturated heterocycles. The quantitative estimate of drug-likeness (QED) is 0.770. The zero-order valence-corrected chi connectivity index (χ0v) is 12.1. The van der Waals surface area contributed by atoms with Gasteiger partial charge in [0.1, 0.15) is 0 Å². The lowest BCUT2D eigenvalue weighted by atomic mass is 9.95. The van der Waals surface area contributed by atoms with Gasteiger partial charge >= 0.3 is 0 Å². The third-order valence-corrected chi connectivity index (χ3v) is 4.02. The van der Waals surface area contributed by atoms with Crippen LogP contribution in [0.25, 0.3) is 0 Å². The van der Waals surface area contributed by atoms with Crippen LogP contribution in [-0.2, 0) is 12.8 Å². The Morgan fingerprint density at radius 3 is 2.22 bits per heavy atom. The predicted octanol–water partition coefficient (Wildman–Crippen LogP) is 3.82. The Balaban J connectivity index is 1.84. The highest BCUT2D eigenvalue weighted by molar-refractivity contribution is 5.24. The third-order valence-electron chi connectivity index (χ3n) is 4.02. The summed E-state index contributed by atoms with van der Waals surface area (Å²) in [4.78, 5) is 0. The molecule has 1 N–H and O–H groups in total. The summed E-state index contributed by atoms with van der Waals surface area (Å²) in [6.45, 7) is 9.11. The lowest BCUT2D eigenvalue weighted by molar-refractivity contribution is 0.432. The largest absolute Gasteiger partial charge is 0.316 e. The first kappa shape index (κ1) is 13.6. The molecule has 1 aliphatic rings. The molecule has 0 amide bonds. The molecule has 1 aromatic carbocycles. The molecule has 0 bridgehead atoms. The molecule has 2 rings (SSSR count). The van der Waals surface area contributed by atoms with Crippen molar-refractivity contribution in [1.29, 1.82) is 0 Å². The van der Waals surface area contributed by atoms with Gasteiger partial charge in [0.25, 0.3) is 0 Å². The lowest BCUT2D eigenvalue weighted by Crippen LogP contribution is -2.28. The van der Waals surface area contributed by atoms with Crippen LogP contribution >= 0.6 is 0 Å². The Bertz CT molecular complexity index is 360. The SMILES string of the molecule is CCc1ccc(CC2(CNCC(C)C)CC2)cc1. The van der Waals surface area contributed by atoms with Crippen LogP contribution < -0.4 is 5.32 Å². The minimum atomic E-state index is 0.572. The van der Waals surface area contributed by atoms with Gasteiger partial charge in [-0.25, -0.2) is 0 Å². The van der Waals surface area contributed by atoms with E-state index in [0.29, 0.717) is 5.41 Å². The zero-order valence-electron chi connectivity index (χ0n) is 12.1. The van der Waals surface area contributed by atoms with E-state index in [9.17, 15) is 0 Å². The number of hydrogen-bond acceptors (Lipinski definition) is 1. The standard InChI is InChI=1S/C17H27N/c1-4-15-5-7-16(8-6-15)11-17(9-10-17)13-18-12-14(2)3/h5-8,14,18H,4,9-13H2,1-3H3. The number of aryl methyl sites for hydroxylation is 1. The molecule has 0 radical (unpaired) electrons. The van der Waals surface area contributed by atoms with Crippen molar-refractivity contribution in [2.45, 2.75) is 46.5 Å². The van der Waals surface area contributed by atoms with E-state index in [1.807, 2.05) is 0 Å². The molecule has 0 aliphatic heterocycles. The fraction of sp³-hybridized carbons (Fsp3) is 0.647. The Labute approximate surface area is 112 Å². The van der Waals surface area contributed by atoms with Gasteiger partial charge in [-0.3, -0.25) is 0 Å². The van der Waals surface area contributed by atoms with Crippen molar-refractivity contribution in [3.8, 4) is 0 Å². The van der Waals surface area contributed by atoms with E-state index >= 15 is 0 Å². The minimum Gasteiger partial charge on any atom is -0.316 e. The second-order valence-electron chi connectivity index (χ2n) is 6.37. The van der Waals surface area contributed by atoms with Crippen molar-refractivity contribution in [3.05, 3.63) is 35.4 Å². The van der Waals surface area contributed by atoms with Crippen LogP contribution in [-0.4, -0.2) is 13.1 Å². The van der Waals surface area contributed by atoms with E-state index in [1.165, 1.54) is 36.9 Å². The van der Waals surface area contributed by atoms with E-state index in [1.54, 1.807) is 0 Å². The van der Waals surface area contributed by atoms with Crippen molar-refractivity contribution >= 4 is 0 Å². The molecular weight excluding hydrogens is 218 g/mol. The Hall–Kier alpha value is -0.820. The van der Waals surface area contributed by atoms with Crippen LogP contribution in [0.5, 0.6) is 0 Å². The normalized spacial score (nSPS) is 17.1. The van der Waals surface area contributed by atoms with Crippen molar-refractivity contribution in [1.82, 2.24) is 5.32 Å². The maximum atomic E-state index is 3.63. The average Bonchev–Trinajstić information content (AvgIpc) is 3.10. The molecule has 1 nitrogen and oxygen atoms in total. The van der Waals surface area contributed by atoms with Gasteiger partial charge in [-0.1, -0.05) is 45.0 Å². The van der Waals surface area contributed by atoms with E-state index in [4.69, 9.17) is 0 Å². The first-order chi connectivity index (χ1) is 8.63. The average molecular weight is 245 g/mol. The van der Waals surface area contributed by atoms with Crippen LogP contribution in [0.3, 0.4) is 0 Å². The second-order valence-corrected chi connectivity index (χ2v) is 6.37. The van der Waals surface area contributed by atoms with Crippen molar-refractivity contribution in [2.75, 3.05) is 13.1 Å². The molecule has 0 aromatic heterocycles. The smallest absolute Gasteiger partial charge is 0.00111 e. The molecule has 1 heteroatoms. The van der Waals surface area contributed by atoms with E-state index in [2.05, 4.69) is 50.4 Å². The summed E-state index contributed by atoms with van der Waals surface area (Å²) >= 11 is 0. The lowest BCUT2D eigenvalue weighted by Gasteiger charge is -2.17. The summed E-state index contributed by atoms with van der Waals surface area (Å²) in [5.41, 5.74) is 3.53. The fourth-order valence-corrected chi connectivity index (χ4v) is 2.54. The van der Waals surface area contributed by atoms with Crippen LogP contribution in [0, 0.1) is 11.3 Å². The van der Waals surface area contributed by atoms with E-state index < -0.39 is 0 Å². The summed E-state index contributed by atoms with van der Waals surface area (Å²) in [6.07, 6.45) is 5.19. The molecule has 0 unspecified atom stereocenters. The Morgan fingerprint density at radius 2 is 1.72 bits per heavy atom. The second kappa shape index (κ2) is 5.88. The molecule has 1 fully saturated rings. The Kier molecular flexibility index (Phi) is 4.45. The van der Waals surface area contributed by atoms with Crippen LogP contribution in [0.2, 0.25) is 0 Å². The molecule has 1 saturated carbocycles. The molecule has 18 heavy (non-hydrogen) atoms. The van der Waals surface area contributed by atoms with Crippen LogP contribution in [0.4, 0.5) is 0 Å². The van der Waals surface area contributed by atoms with Crippen molar-refractivity contribution < 1.29 is 0 Å². The van der Waals surface area contributed by atoms with Gasteiger partial charge in [0.05, 0.1) is 0 Å². The topological polar surface area (TPSA) is 12.0 Å². The zero-order chi connectivity index (χ0) is 13.0. The molecule has 0 spiro atoms. The highest BCUT2D eigenvalue weighted by Gasteiger charge is 2.41. The maximum Gasteiger partial charge on any atom is 0.00111 e. The van der Waals surface area contributed by atoms with E-state index in [-0.39, 0.29) is 0 Å². The van der Waals surface area contributed by atoms with Gasteiger partial charge < -0.3 is 5.32 Å². The van der Waals surface area contributed by atoms with Crippen LogP contribution in [0.1, 0.15) is 44.7 Å². The number of nitrogens with one attached hydrogen (secondary N) is 1. The van der Waals surface area contributed by atoms with E-state index in [0.717, 1.165) is 18.9 Å². The maximum absolute atomic E-state index is 3.63. The Morgan fingerprint density at radius 1 is 1.11 bits per heavy atom. The van der Waals surface area contributed by atoms with Crippen molar-refractivity contribution in [2.24, 2.45) is 11.3 Å². The number of benzene rings is 1. The molecular formula is C17H27N. The van der Waals surface area contributed by atoms with Gasteiger partial charge in [0.15, 0.2) is 0 Å². The first-order valence-electron chi connectivity index (χ1n) is 7.42. The van der Waals surface area contributed by atoms with Crippen LogP contribution in [0.15, 0.2) is 24.3 Å². The van der Waals surface area contributed by atoms with Gasteiger partial charge in [0.2, 0.25) is 0 Å². The summed E-state index contributed by atoms with van der Waals surface area (Å²) in [7, 11) is 0. The predicted molar refractivity (Wildman–Crippen MR) is 78.9 cm³/mol. The summed E-state index contributed by atoms with van der Waals surface area (Å²) < 4.78 is 0. The molecule has 0 atom stereocenters. The summed E-state index contributed by atoms with van der Waals surface area (Å²) in [6, 6.07) is 9.21. The number of rotatable bonds is 7. The monoisotopic (exact) mass is 245 g/mol. The minimum absolute atomic E-state index is 0.572. The van der Waals surface area contributed by atoms with Gasteiger partial charge in [-0.2, -0.15) is 0 Å². The molecule has 1 aliphatic carbocycles. The first-order valence-corrected chi connectivity index (χ1v) is 7.42. The highest BCUT2D eigenvalue weighted by atomic mass is 14.9. The molecule has 0 heterocycles. The molecule has 1 aromatic rings. The molecule has 100 valence electrons. The van der Waals surface area contributed by atoms with Crippen molar-refractivity contribution in [3.63, 3.8) is 0 Å². The summed E-state index contributed by atoms with van der Waals surface area (Å²) in [5.74, 6) is 0.754. The highest BCUT2D eigenvalue weighted by Crippen LogP contribution is 2.47. The van der Waals surface area contributed by atoms with Gasteiger partial charge in [0, 0.05) is 6.54 Å². The number of hydrogen-bond donors (Lipinski definition) is 1. The summed E-state index contributed by atoms with van der Waals surface area (Å²) in [5, 5.41) is 3.63. The van der Waals surface area contributed by atoms with Gasteiger partial charge in [-0.05, 0) is 54.7 Å². The fourth-order valence-electron chi connectivity index (χ4n) is 2.54. The van der Waals surface area contributed by atoms with Gasteiger partial charge in [-0.15, -0.1) is 0 Å². The third kappa shape index (κ3) is 3.84.